The number of hydrogen-bond donors (Lipinski definition) is 4. The summed E-state index contributed by atoms with van der Waals surface area (Å²) in [6.07, 6.45) is 3.94. The monoisotopic (exact) mass is 796 g/mol. The number of aromatic amines is 3. The van der Waals surface area contributed by atoms with Crippen molar-refractivity contribution >= 4 is 64.9 Å². The van der Waals surface area contributed by atoms with Crippen molar-refractivity contribution in [2.24, 2.45) is 4.99 Å². The van der Waals surface area contributed by atoms with Gasteiger partial charge < -0.3 is 33.5 Å². The zero-order valence-corrected chi connectivity index (χ0v) is 37.2. The Bertz CT molecular complexity index is 2330. The lowest BCUT2D eigenvalue weighted by molar-refractivity contribution is -0.125. The number of aromatic nitrogens is 4. The van der Waals surface area contributed by atoms with Gasteiger partial charge in [-0.05, 0) is 143 Å². The third kappa shape index (κ3) is 9.35. The summed E-state index contributed by atoms with van der Waals surface area (Å²) in [5.41, 5.74) is 16.8. The fraction of sp³-hybridized carbons (Fsp3) is 0.511. The van der Waals surface area contributed by atoms with Crippen LogP contribution >= 0.6 is 0 Å². The lowest BCUT2D eigenvalue weighted by Crippen LogP contribution is -2.46. The number of nitrogens with one attached hydrogen (secondary N) is 4. The van der Waals surface area contributed by atoms with E-state index < -0.39 is 8.80 Å². The number of aryl methyl sites for hydroxylation is 6. The van der Waals surface area contributed by atoms with Crippen molar-refractivity contribution in [3.63, 3.8) is 0 Å². The van der Waals surface area contributed by atoms with Gasteiger partial charge in [-0.25, -0.2) is 9.98 Å². The Morgan fingerprint density at radius 2 is 1.21 bits per heavy atom. The molecule has 0 radical (unpaired) electrons. The summed E-state index contributed by atoms with van der Waals surface area (Å²) in [6, 6.07) is 7.19. The summed E-state index contributed by atoms with van der Waals surface area (Å²) in [6.45, 7) is 24.9. The summed E-state index contributed by atoms with van der Waals surface area (Å²) in [7, 11) is -2.80. The van der Waals surface area contributed by atoms with Gasteiger partial charge in [0.2, 0.25) is 11.8 Å². The maximum Gasteiger partial charge on any atom is 0.500 e. The summed E-state index contributed by atoms with van der Waals surface area (Å²) in [4.78, 5) is 48.1. The van der Waals surface area contributed by atoms with Gasteiger partial charge in [0.15, 0.2) is 0 Å². The highest BCUT2D eigenvalue weighted by molar-refractivity contribution is 6.60. The van der Waals surface area contributed by atoms with Crippen LogP contribution in [0, 0.1) is 20.8 Å². The third-order valence-corrected chi connectivity index (χ3v) is 14.4. The second-order valence-corrected chi connectivity index (χ2v) is 17.4. The van der Waals surface area contributed by atoms with E-state index in [1.54, 1.807) is 0 Å². The number of carbonyl (C=O) groups excluding carboxylic acids is 2. The van der Waals surface area contributed by atoms with Crippen LogP contribution in [-0.2, 0) is 42.1 Å². The zero-order chi connectivity index (χ0) is 41.4. The molecule has 0 saturated heterocycles. The minimum Gasteiger partial charge on any atom is -0.374 e. The van der Waals surface area contributed by atoms with Gasteiger partial charge in [0.25, 0.3) is 0 Å². The van der Waals surface area contributed by atoms with Gasteiger partial charge in [0.1, 0.15) is 5.36 Å². The first kappa shape index (κ1) is 43.8. The first-order valence-corrected chi connectivity index (χ1v) is 23.0. The van der Waals surface area contributed by atoms with Gasteiger partial charge in [-0.3, -0.25) is 9.59 Å². The average Bonchev–Trinajstić information content (AvgIpc) is 3.87. The van der Waals surface area contributed by atoms with E-state index in [2.05, 4.69) is 93.9 Å². The van der Waals surface area contributed by atoms with E-state index in [9.17, 15) is 9.59 Å². The maximum absolute atomic E-state index is 13.8. The number of H-pyrrole nitrogens is 3. The molecule has 4 aromatic heterocycles. The van der Waals surface area contributed by atoms with Crippen molar-refractivity contribution < 1.29 is 22.9 Å². The smallest absolute Gasteiger partial charge is 0.374 e. The first-order valence-electron chi connectivity index (χ1n) is 21.0. The number of nitrogens with zero attached hydrogens (tertiary/aromatic N) is 2. The van der Waals surface area contributed by atoms with Gasteiger partial charge in [-0.1, -0.05) is 27.7 Å². The zero-order valence-electron chi connectivity index (χ0n) is 36.2. The molecule has 4 N–H and O–H groups in total. The Kier molecular flexibility index (Phi) is 14.9. The molecule has 0 aliphatic carbocycles. The van der Waals surface area contributed by atoms with Crippen molar-refractivity contribution in [2.45, 2.75) is 127 Å². The average molecular weight is 797 g/mol. The summed E-state index contributed by atoms with van der Waals surface area (Å²) in [5.74, 6) is -0.580. The molecule has 5 heterocycles. The minimum absolute atomic E-state index is 0.0236. The molecule has 12 heteroatoms. The Hall–Kier alpha value is -4.36. The van der Waals surface area contributed by atoms with Crippen LogP contribution in [0.15, 0.2) is 23.2 Å². The molecule has 8 bridgehead atoms. The van der Waals surface area contributed by atoms with Crippen LogP contribution in [0.2, 0.25) is 6.04 Å². The molecule has 0 atom stereocenters. The number of allylic oxidation sites excluding steroid dienone is 2. The maximum atomic E-state index is 13.8. The van der Waals surface area contributed by atoms with E-state index in [4.69, 9.17) is 23.3 Å². The van der Waals surface area contributed by atoms with Gasteiger partial charge in [-0.2, -0.15) is 0 Å². The molecule has 0 spiro atoms. The predicted octanol–water partition coefficient (Wildman–Crippen LogP) is 9.24. The van der Waals surface area contributed by atoms with Crippen molar-refractivity contribution in [1.82, 2.24) is 25.3 Å². The molecule has 4 aromatic rings. The fourth-order valence-electron chi connectivity index (χ4n) is 8.36. The highest BCUT2D eigenvalue weighted by Gasteiger charge is 2.39. The number of fused-ring (bicyclic) bond motifs is 8. The largest absolute Gasteiger partial charge is 0.500 e. The molecule has 2 amide bonds. The second-order valence-electron chi connectivity index (χ2n) is 14.7. The SMILES string of the molecule is CCO[Si](CCCNC(=O)CCC(=O)N=c1c2nc(cc3[nH]c(cc4[nH]c(cc5[nH]c1c(C)c5CC)c(CC)c4C)c(C)c3CC)C(CC)=C2C)(OCC)OCC. The quantitative estimate of drug-likeness (QED) is 0.0619. The van der Waals surface area contributed by atoms with Crippen LogP contribution in [0.25, 0.3) is 44.2 Å². The molecule has 1 aliphatic heterocycles. The first-order chi connectivity index (χ1) is 27.4. The van der Waals surface area contributed by atoms with Crippen LogP contribution in [0.4, 0.5) is 0 Å². The van der Waals surface area contributed by atoms with E-state index in [-0.39, 0.29) is 24.7 Å². The Morgan fingerprint density at radius 1 is 0.684 bits per heavy atom. The van der Waals surface area contributed by atoms with Crippen LogP contribution in [0.5, 0.6) is 0 Å². The lowest BCUT2D eigenvalue weighted by Gasteiger charge is -2.28. The standard InChI is InChI=1S/C45H64N6O5Si/c1-12-31-27(8)35-24-36-28(9)32(13-2)38(48-36)26-40-34(15-4)30(11)44(50-40)45(43-29(10)33(14-3)39(49-43)25-37(31)47-35)51-42(53)21-20-41(52)46-22-19-23-57(54-16-5,55-17-6)56-18-7/h24-26,47-49H,12-23H2,1-11H3,(H,46,52). The van der Waals surface area contributed by atoms with Crippen LogP contribution in [-0.4, -0.2) is 66.9 Å². The van der Waals surface area contributed by atoms with Crippen LogP contribution < -0.4 is 10.7 Å². The van der Waals surface area contributed by atoms with Crippen LogP contribution in [0.1, 0.15) is 126 Å². The fourth-order valence-corrected chi connectivity index (χ4v) is 11.0. The highest BCUT2D eigenvalue weighted by Crippen LogP contribution is 2.33. The van der Waals surface area contributed by atoms with Crippen molar-refractivity contribution in [1.29, 1.82) is 0 Å². The highest BCUT2D eigenvalue weighted by atomic mass is 28.4. The Labute approximate surface area is 338 Å². The van der Waals surface area contributed by atoms with Gasteiger partial charge in [0.05, 0.1) is 16.9 Å². The molecular formula is C45H64N6O5Si. The van der Waals surface area contributed by atoms with Crippen molar-refractivity contribution in [3.8, 4) is 0 Å². The van der Waals surface area contributed by atoms with E-state index in [1.807, 2.05) is 20.8 Å². The van der Waals surface area contributed by atoms with E-state index >= 15 is 0 Å². The molecule has 0 fully saturated rings. The van der Waals surface area contributed by atoms with E-state index in [0.29, 0.717) is 49.9 Å². The minimum atomic E-state index is -2.80. The summed E-state index contributed by atoms with van der Waals surface area (Å²) < 4.78 is 17.9. The molecule has 11 nitrogen and oxygen atoms in total. The van der Waals surface area contributed by atoms with Gasteiger partial charge >= 0.3 is 8.80 Å². The molecule has 57 heavy (non-hydrogen) atoms. The summed E-state index contributed by atoms with van der Waals surface area (Å²) >= 11 is 0. The van der Waals surface area contributed by atoms with E-state index in [1.165, 1.54) is 22.3 Å². The van der Waals surface area contributed by atoms with Crippen molar-refractivity contribution in [2.75, 3.05) is 26.4 Å². The van der Waals surface area contributed by atoms with Crippen molar-refractivity contribution in [3.05, 3.63) is 68.3 Å². The molecule has 0 aromatic carbocycles. The number of carbonyl (C=O) groups is 2. The third-order valence-electron chi connectivity index (χ3n) is 11.3. The lowest BCUT2D eigenvalue weighted by atomic mass is 10.0. The van der Waals surface area contributed by atoms with Gasteiger partial charge in [-0.15, -0.1) is 0 Å². The normalized spacial score (nSPS) is 13.0. The molecule has 1 aliphatic rings. The molecule has 0 saturated carbocycles. The second kappa shape index (κ2) is 19.4. The topological polar surface area (TPSA) is 146 Å². The van der Waals surface area contributed by atoms with Gasteiger partial charge in [0, 0.05) is 72.8 Å². The Morgan fingerprint density at radius 3 is 1.75 bits per heavy atom. The van der Waals surface area contributed by atoms with Crippen LogP contribution in [0.3, 0.4) is 0 Å². The number of rotatable bonds is 17. The predicted molar refractivity (Wildman–Crippen MR) is 234 cm³/mol. The molecular weight excluding hydrogens is 733 g/mol. The molecule has 0 unspecified atom stereocenters. The number of hydrogen-bond acceptors (Lipinski definition) is 6. The molecule has 5 rings (SSSR count). The number of amides is 2. The summed E-state index contributed by atoms with van der Waals surface area (Å²) in [5, 5.41) is 3.47. The van der Waals surface area contributed by atoms with E-state index in [0.717, 1.165) is 86.8 Å². The molecule has 308 valence electrons. The Balaban J connectivity index is 1.63.